The van der Waals surface area contributed by atoms with E-state index in [1.165, 1.54) is 5.69 Å². The predicted molar refractivity (Wildman–Crippen MR) is 114 cm³/mol. The second kappa shape index (κ2) is 8.08. The number of piperazine rings is 1. The quantitative estimate of drug-likeness (QED) is 0.647. The van der Waals surface area contributed by atoms with Crippen molar-refractivity contribution in [2.24, 2.45) is 0 Å². The number of para-hydroxylation sites is 1. The molecule has 5 rings (SSSR count). The Kier molecular flexibility index (Phi) is 5.14. The fourth-order valence-corrected chi connectivity index (χ4v) is 4.14. The van der Waals surface area contributed by atoms with Gasteiger partial charge in [-0.05, 0) is 29.8 Å². The first-order valence-corrected chi connectivity index (χ1v) is 10.5. The van der Waals surface area contributed by atoms with Crippen molar-refractivity contribution in [1.29, 1.82) is 0 Å². The number of hydrogen-bond acceptors (Lipinski definition) is 5. The molecule has 0 aliphatic carbocycles. The Morgan fingerprint density at radius 1 is 1.00 bits per heavy atom. The molecule has 2 aromatic carbocycles. The molecule has 1 aromatic heterocycles. The zero-order valence-corrected chi connectivity index (χ0v) is 17.2. The Balaban J connectivity index is 1.26. The summed E-state index contributed by atoms with van der Waals surface area (Å²) in [4.78, 5) is 17.2. The van der Waals surface area contributed by atoms with E-state index in [9.17, 15) is 4.79 Å². The molecule has 0 bridgehead atoms. The highest BCUT2D eigenvalue weighted by Crippen LogP contribution is 2.28. The third kappa shape index (κ3) is 3.66. The number of carbonyl (C=O) groups is 1. The van der Waals surface area contributed by atoms with Crippen molar-refractivity contribution in [1.82, 2.24) is 19.9 Å². The Hall–Kier alpha value is -2.90. The summed E-state index contributed by atoms with van der Waals surface area (Å²) in [6.07, 6.45) is -0.131. The molecule has 0 radical (unpaired) electrons. The van der Waals surface area contributed by atoms with Crippen LogP contribution in [0.3, 0.4) is 0 Å². The zero-order valence-electron chi connectivity index (χ0n) is 16.4. The largest absolute Gasteiger partial charge is 0.368 e. The number of benzene rings is 2. The van der Waals surface area contributed by atoms with E-state index in [4.69, 9.17) is 16.3 Å². The summed E-state index contributed by atoms with van der Waals surface area (Å²) in [7, 11) is 0. The maximum Gasteiger partial charge on any atom is 0.276 e. The van der Waals surface area contributed by atoms with Crippen molar-refractivity contribution >= 4 is 23.2 Å². The second-order valence-corrected chi connectivity index (χ2v) is 7.97. The molecule has 2 aliphatic rings. The van der Waals surface area contributed by atoms with Gasteiger partial charge in [0.15, 0.2) is 5.69 Å². The normalized spacial score (nSPS) is 18.9. The molecule has 7 nitrogen and oxygen atoms in total. The highest BCUT2D eigenvalue weighted by atomic mass is 35.5. The number of nitrogens with zero attached hydrogens (tertiary/aromatic N) is 5. The molecule has 0 unspecified atom stereocenters. The lowest BCUT2D eigenvalue weighted by Gasteiger charge is -2.36. The average molecular weight is 424 g/mol. The number of aromatic nitrogens is 3. The molecule has 3 aromatic rings. The van der Waals surface area contributed by atoms with Crippen LogP contribution in [0.5, 0.6) is 0 Å². The van der Waals surface area contributed by atoms with Crippen molar-refractivity contribution in [3.05, 3.63) is 76.6 Å². The summed E-state index contributed by atoms with van der Waals surface area (Å²) in [5, 5.41) is 9.12. The van der Waals surface area contributed by atoms with Gasteiger partial charge in [-0.3, -0.25) is 4.79 Å². The average Bonchev–Trinajstić information content (AvgIpc) is 3.23. The number of ether oxygens (including phenoxy) is 1. The van der Waals surface area contributed by atoms with E-state index >= 15 is 0 Å². The van der Waals surface area contributed by atoms with E-state index in [2.05, 4.69) is 27.3 Å². The fourth-order valence-electron chi connectivity index (χ4n) is 4.01. The monoisotopic (exact) mass is 423 g/mol. The van der Waals surface area contributed by atoms with Crippen molar-refractivity contribution < 1.29 is 9.53 Å². The third-order valence-electron chi connectivity index (χ3n) is 5.73. The minimum Gasteiger partial charge on any atom is -0.368 e. The summed E-state index contributed by atoms with van der Waals surface area (Å²) in [6, 6.07) is 17.9. The zero-order chi connectivity index (χ0) is 20.5. The first-order valence-electron chi connectivity index (χ1n) is 10.1. The first kappa shape index (κ1) is 19.1. The summed E-state index contributed by atoms with van der Waals surface area (Å²) >= 11 is 5.97. The van der Waals surface area contributed by atoms with E-state index in [1.807, 2.05) is 47.4 Å². The topological polar surface area (TPSA) is 63.5 Å². The van der Waals surface area contributed by atoms with Crippen LogP contribution in [0.15, 0.2) is 54.6 Å². The molecule has 8 heteroatoms. The van der Waals surface area contributed by atoms with Gasteiger partial charge in [0.05, 0.1) is 18.8 Å². The van der Waals surface area contributed by atoms with Crippen LogP contribution in [0, 0.1) is 0 Å². The van der Waals surface area contributed by atoms with Gasteiger partial charge in [0.2, 0.25) is 0 Å². The Bertz CT molecular complexity index is 1030. The van der Waals surface area contributed by atoms with Gasteiger partial charge < -0.3 is 14.5 Å². The van der Waals surface area contributed by atoms with Gasteiger partial charge in [-0.2, -0.15) is 0 Å². The second-order valence-electron chi connectivity index (χ2n) is 7.53. The molecule has 0 N–H and O–H groups in total. The van der Waals surface area contributed by atoms with Crippen LogP contribution >= 0.6 is 11.6 Å². The molecule has 1 saturated heterocycles. The van der Waals surface area contributed by atoms with Gasteiger partial charge in [-0.1, -0.05) is 47.1 Å². The Labute approximate surface area is 179 Å². The number of halogens is 1. The Morgan fingerprint density at radius 3 is 2.47 bits per heavy atom. The number of anilines is 1. The number of carbonyl (C=O) groups excluding carboxylic acids is 1. The first-order chi connectivity index (χ1) is 14.7. The van der Waals surface area contributed by atoms with Gasteiger partial charge in [0.25, 0.3) is 5.91 Å². The number of hydrogen-bond donors (Lipinski definition) is 0. The van der Waals surface area contributed by atoms with E-state index < -0.39 is 0 Å². The van der Waals surface area contributed by atoms with Gasteiger partial charge in [0.1, 0.15) is 6.10 Å². The van der Waals surface area contributed by atoms with E-state index in [-0.39, 0.29) is 12.0 Å². The molecule has 2 aliphatic heterocycles. The molecule has 1 atom stereocenters. The molecular formula is C22H22ClN5O2. The van der Waals surface area contributed by atoms with Crippen LogP contribution in [-0.4, -0.2) is 52.0 Å². The molecular weight excluding hydrogens is 402 g/mol. The summed E-state index contributed by atoms with van der Waals surface area (Å²) in [5.74, 6) is -0.0718. The maximum atomic E-state index is 13.1. The van der Waals surface area contributed by atoms with Gasteiger partial charge in [-0.25, -0.2) is 4.68 Å². The smallest absolute Gasteiger partial charge is 0.276 e. The predicted octanol–water partition coefficient (Wildman–Crippen LogP) is 3.17. The summed E-state index contributed by atoms with van der Waals surface area (Å²) < 4.78 is 7.81. The van der Waals surface area contributed by atoms with Crippen LogP contribution in [0.25, 0.3) is 0 Å². The molecule has 0 spiro atoms. The van der Waals surface area contributed by atoms with Crippen molar-refractivity contribution in [3.63, 3.8) is 0 Å². The van der Waals surface area contributed by atoms with Crippen molar-refractivity contribution in [3.8, 4) is 0 Å². The number of amides is 1. The van der Waals surface area contributed by atoms with Gasteiger partial charge >= 0.3 is 0 Å². The summed E-state index contributed by atoms with van der Waals surface area (Å²) in [6.45, 7) is 3.76. The maximum absolute atomic E-state index is 13.1. The van der Waals surface area contributed by atoms with Crippen LogP contribution in [0.2, 0.25) is 5.02 Å². The number of fused-ring (bicyclic) bond motifs is 1. The van der Waals surface area contributed by atoms with E-state index in [0.29, 0.717) is 37.0 Å². The lowest BCUT2D eigenvalue weighted by molar-refractivity contribution is -0.00196. The minimum absolute atomic E-state index is 0.0718. The van der Waals surface area contributed by atoms with Crippen molar-refractivity contribution in [2.45, 2.75) is 19.3 Å². The highest BCUT2D eigenvalue weighted by Gasteiger charge is 2.31. The van der Waals surface area contributed by atoms with Crippen LogP contribution in [-0.2, 0) is 17.9 Å². The third-order valence-corrected chi connectivity index (χ3v) is 5.98. The standard InChI is InChI=1S/C22H22ClN5O2/c23-17-8-6-16(7-9-17)20-14-28-19(15-30-20)21(24-25-28)22(29)27-12-10-26(11-13-27)18-4-2-1-3-5-18/h1-9,20H,10-15H2/t20-/m0/s1. The molecule has 30 heavy (non-hydrogen) atoms. The molecule has 3 heterocycles. The summed E-state index contributed by atoms with van der Waals surface area (Å²) in [5.41, 5.74) is 3.37. The van der Waals surface area contributed by atoms with Crippen LogP contribution < -0.4 is 4.90 Å². The molecule has 154 valence electrons. The van der Waals surface area contributed by atoms with Gasteiger partial charge in [-0.15, -0.1) is 5.10 Å². The van der Waals surface area contributed by atoms with E-state index in [1.54, 1.807) is 4.68 Å². The Morgan fingerprint density at radius 2 is 1.73 bits per heavy atom. The van der Waals surface area contributed by atoms with E-state index in [0.717, 1.165) is 24.3 Å². The van der Waals surface area contributed by atoms with Gasteiger partial charge in [0, 0.05) is 36.9 Å². The lowest BCUT2D eigenvalue weighted by Crippen LogP contribution is -2.49. The SMILES string of the molecule is O=C(c1nnn2c1CO[C@H](c1ccc(Cl)cc1)C2)N1CCN(c2ccccc2)CC1. The number of rotatable bonds is 3. The highest BCUT2D eigenvalue weighted by molar-refractivity contribution is 6.30. The molecule has 0 saturated carbocycles. The van der Waals surface area contributed by atoms with Crippen LogP contribution in [0.4, 0.5) is 5.69 Å². The molecule has 1 amide bonds. The van der Waals surface area contributed by atoms with Crippen molar-refractivity contribution in [2.75, 3.05) is 31.1 Å². The minimum atomic E-state index is -0.131. The molecule has 1 fully saturated rings. The van der Waals surface area contributed by atoms with Crippen LogP contribution in [0.1, 0.15) is 27.8 Å². The fraction of sp³-hybridized carbons (Fsp3) is 0.318. The lowest BCUT2D eigenvalue weighted by atomic mass is 10.1.